The van der Waals surface area contributed by atoms with Crippen molar-refractivity contribution in [1.29, 1.82) is 5.26 Å². The van der Waals surface area contributed by atoms with Gasteiger partial charge in [0.15, 0.2) is 0 Å². The van der Waals surface area contributed by atoms with Gasteiger partial charge in [0.1, 0.15) is 17.3 Å². The van der Waals surface area contributed by atoms with E-state index in [2.05, 4.69) is 20.9 Å². The molecule has 0 aliphatic heterocycles. The third-order valence-electron chi connectivity index (χ3n) is 2.09. The number of hydrogen-bond acceptors (Lipinski definition) is 4. The Kier molecular flexibility index (Phi) is 5.16. The molecule has 1 heterocycles. The van der Waals surface area contributed by atoms with Crippen LogP contribution in [0.15, 0.2) is 12.3 Å². The van der Waals surface area contributed by atoms with Crippen molar-refractivity contribution < 1.29 is 10.2 Å². The maximum absolute atomic E-state index is 9.77. The molecule has 2 N–H and O–H groups in total. The van der Waals surface area contributed by atoms with E-state index in [4.69, 9.17) is 16.9 Å². The molecule has 0 fully saturated rings. The molecule has 0 aliphatic carbocycles. The van der Waals surface area contributed by atoms with Crippen molar-refractivity contribution in [2.75, 3.05) is 5.33 Å². The Morgan fingerprint density at radius 1 is 1.56 bits per heavy atom. The Bertz CT molecular complexity index is 408. The van der Waals surface area contributed by atoms with Gasteiger partial charge in [-0.3, -0.25) is 0 Å². The van der Waals surface area contributed by atoms with E-state index in [1.54, 1.807) is 0 Å². The predicted molar refractivity (Wildman–Crippen MR) is 63.3 cm³/mol. The van der Waals surface area contributed by atoms with Crippen LogP contribution in [0.2, 0.25) is 5.15 Å². The van der Waals surface area contributed by atoms with Crippen LogP contribution >= 0.6 is 27.5 Å². The number of hydrogen-bond donors (Lipinski definition) is 2. The SMILES string of the molecule is N#Cc1cc(C(O)C(O)CCBr)cnc1Cl. The molecular weight excluding hydrogens is 295 g/mol. The lowest BCUT2D eigenvalue weighted by molar-refractivity contribution is 0.0171. The summed E-state index contributed by atoms with van der Waals surface area (Å²) in [5, 5.41) is 28.8. The van der Waals surface area contributed by atoms with Gasteiger partial charge in [-0.05, 0) is 12.5 Å². The smallest absolute Gasteiger partial charge is 0.146 e. The molecule has 0 saturated carbocycles. The van der Waals surface area contributed by atoms with Crippen molar-refractivity contribution in [2.45, 2.75) is 18.6 Å². The number of rotatable bonds is 4. The van der Waals surface area contributed by atoms with Crippen LogP contribution in [0.4, 0.5) is 0 Å². The summed E-state index contributed by atoms with van der Waals surface area (Å²) in [6.07, 6.45) is -0.194. The molecule has 6 heteroatoms. The standard InChI is InChI=1S/C10H10BrClN2O2/c11-2-1-8(15)9(16)7-3-6(4-13)10(12)14-5-7/h3,5,8-9,15-16H,1-2H2. The van der Waals surface area contributed by atoms with Crippen LogP contribution in [-0.2, 0) is 0 Å². The maximum atomic E-state index is 9.77. The first-order valence-corrected chi connectivity index (χ1v) is 6.07. The highest BCUT2D eigenvalue weighted by molar-refractivity contribution is 9.09. The highest BCUT2D eigenvalue weighted by Crippen LogP contribution is 2.22. The lowest BCUT2D eigenvalue weighted by Crippen LogP contribution is -2.18. The molecule has 0 radical (unpaired) electrons. The molecule has 2 unspecified atom stereocenters. The van der Waals surface area contributed by atoms with Gasteiger partial charge in [-0.1, -0.05) is 27.5 Å². The van der Waals surface area contributed by atoms with Crippen LogP contribution < -0.4 is 0 Å². The quantitative estimate of drug-likeness (QED) is 0.657. The predicted octanol–water partition coefficient (Wildman–Crippen LogP) is 1.79. The van der Waals surface area contributed by atoms with Crippen LogP contribution in [0.1, 0.15) is 23.7 Å². The summed E-state index contributed by atoms with van der Waals surface area (Å²) in [6, 6.07) is 3.29. The molecule has 86 valence electrons. The molecule has 2 atom stereocenters. The number of nitriles is 1. The zero-order valence-electron chi connectivity index (χ0n) is 8.27. The molecule has 0 aromatic carbocycles. The second-order valence-electron chi connectivity index (χ2n) is 3.21. The van der Waals surface area contributed by atoms with Crippen molar-refractivity contribution in [2.24, 2.45) is 0 Å². The van der Waals surface area contributed by atoms with Gasteiger partial charge in [0.25, 0.3) is 0 Å². The van der Waals surface area contributed by atoms with Crippen LogP contribution in [0.25, 0.3) is 0 Å². The van der Waals surface area contributed by atoms with E-state index in [-0.39, 0.29) is 10.7 Å². The van der Waals surface area contributed by atoms with Crippen molar-refractivity contribution in [3.8, 4) is 6.07 Å². The Balaban J connectivity index is 2.92. The zero-order chi connectivity index (χ0) is 12.1. The summed E-state index contributed by atoms with van der Waals surface area (Å²) < 4.78 is 0. The van der Waals surface area contributed by atoms with Crippen LogP contribution in [0, 0.1) is 11.3 Å². The lowest BCUT2D eigenvalue weighted by atomic mass is 10.0. The Labute approximate surface area is 107 Å². The first-order chi connectivity index (χ1) is 7.60. The van der Waals surface area contributed by atoms with E-state index in [1.165, 1.54) is 12.3 Å². The molecule has 1 rings (SSSR count). The summed E-state index contributed by atoms with van der Waals surface area (Å²) in [7, 11) is 0. The third kappa shape index (κ3) is 3.16. The fourth-order valence-electron chi connectivity index (χ4n) is 1.20. The van der Waals surface area contributed by atoms with Gasteiger partial charge in [0.05, 0.1) is 11.7 Å². The molecule has 4 nitrogen and oxygen atoms in total. The number of aliphatic hydroxyl groups is 2. The Morgan fingerprint density at radius 3 is 2.81 bits per heavy atom. The van der Waals surface area contributed by atoms with Gasteiger partial charge in [-0.25, -0.2) is 4.98 Å². The van der Waals surface area contributed by atoms with Gasteiger partial charge in [-0.2, -0.15) is 5.26 Å². The normalized spacial score (nSPS) is 14.2. The topological polar surface area (TPSA) is 77.1 Å². The van der Waals surface area contributed by atoms with Gasteiger partial charge in [0.2, 0.25) is 0 Å². The minimum atomic E-state index is -1.06. The minimum Gasteiger partial charge on any atom is -0.390 e. The van der Waals surface area contributed by atoms with E-state index < -0.39 is 12.2 Å². The Morgan fingerprint density at radius 2 is 2.25 bits per heavy atom. The van der Waals surface area contributed by atoms with Crippen molar-refractivity contribution in [3.05, 3.63) is 28.5 Å². The van der Waals surface area contributed by atoms with Crippen LogP contribution in [0.5, 0.6) is 0 Å². The van der Waals surface area contributed by atoms with E-state index in [1.807, 2.05) is 6.07 Å². The van der Waals surface area contributed by atoms with Crippen molar-refractivity contribution in [3.63, 3.8) is 0 Å². The fraction of sp³-hybridized carbons (Fsp3) is 0.400. The molecule has 1 aromatic heterocycles. The van der Waals surface area contributed by atoms with E-state index in [9.17, 15) is 10.2 Å². The van der Waals surface area contributed by atoms with Gasteiger partial charge >= 0.3 is 0 Å². The first-order valence-electron chi connectivity index (χ1n) is 4.57. The molecule has 16 heavy (non-hydrogen) atoms. The van der Waals surface area contributed by atoms with Gasteiger partial charge in [-0.15, -0.1) is 0 Å². The van der Waals surface area contributed by atoms with E-state index in [0.717, 1.165) is 0 Å². The number of nitrogens with zero attached hydrogens (tertiary/aromatic N) is 2. The average Bonchev–Trinajstić information content (AvgIpc) is 2.29. The number of aliphatic hydroxyl groups excluding tert-OH is 2. The summed E-state index contributed by atoms with van der Waals surface area (Å²) in [5.74, 6) is 0. The van der Waals surface area contributed by atoms with E-state index in [0.29, 0.717) is 17.3 Å². The summed E-state index contributed by atoms with van der Waals surface area (Å²) in [5.41, 5.74) is 0.568. The van der Waals surface area contributed by atoms with Gasteiger partial charge < -0.3 is 10.2 Å². The molecule has 0 saturated heterocycles. The Hall–Kier alpha value is -0.670. The molecule has 0 bridgehead atoms. The fourth-order valence-corrected chi connectivity index (χ4v) is 1.81. The number of aromatic nitrogens is 1. The second kappa shape index (κ2) is 6.16. The summed E-state index contributed by atoms with van der Waals surface area (Å²) >= 11 is 8.83. The van der Waals surface area contributed by atoms with Gasteiger partial charge in [0, 0.05) is 17.1 Å². The molecular formula is C10H10BrClN2O2. The highest BCUT2D eigenvalue weighted by atomic mass is 79.9. The number of halogens is 2. The summed E-state index contributed by atoms with van der Waals surface area (Å²) in [4.78, 5) is 3.77. The molecule has 0 amide bonds. The van der Waals surface area contributed by atoms with Crippen LogP contribution in [-0.4, -0.2) is 26.6 Å². The number of alkyl halides is 1. The van der Waals surface area contributed by atoms with Crippen molar-refractivity contribution in [1.82, 2.24) is 4.98 Å². The third-order valence-corrected chi connectivity index (χ3v) is 2.85. The number of pyridine rings is 1. The molecule has 1 aromatic rings. The molecule has 0 spiro atoms. The average molecular weight is 306 g/mol. The zero-order valence-corrected chi connectivity index (χ0v) is 10.6. The monoisotopic (exact) mass is 304 g/mol. The van der Waals surface area contributed by atoms with Crippen molar-refractivity contribution >= 4 is 27.5 Å². The first kappa shape index (κ1) is 13.4. The van der Waals surface area contributed by atoms with Crippen LogP contribution in [0.3, 0.4) is 0 Å². The second-order valence-corrected chi connectivity index (χ2v) is 4.36. The lowest BCUT2D eigenvalue weighted by Gasteiger charge is -2.17. The van der Waals surface area contributed by atoms with E-state index >= 15 is 0 Å². The molecule has 0 aliphatic rings. The largest absolute Gasteiger partial charge is 0.390 e. The summed E-state index contributed by atoms with van der Waals surface area (Å²) in [6.45, 7) is 0. The minimum absolute atomic E-state index is 0.0911. The maximum Gasteiger partial charge on any atom is 0.146 e. The highest BCUT2D eigenvalue weighted by Gasteiger charge is 2.19.